The highest BCUT2D eigenvalue weighted by atomic mass is 16.5. The molecule has 5 rings (SSSR count). The van der Waals surface area contributed by atoms with Crippen LogP contribution in [0, 0.1) is 5.92 Å². The van der Waals surface area contributed by atoms with E-state index in [9.17, 15) is 19.5 Å². The molecular weight excluding hydrogens is 558 g/mol. The number of aryl methyl sites for hydroxylation is 1. The number of aliphatic hydroxyl groups excluding tert-OH is 1. The van der Waals surface area contributed by atoms with Crippen molar-refractivity contribution in [3.8, 4) is 5.75 Å². The number of aromatic nitrogens is 1. The first-order valence-electron chi connectivity index (χ1n) is 14.8. The number of aliphatic hydroxyl groups is 1. The topological polar surface area (TPSA) is 116 Å². The summed E-state index contributed by atoms with van der Waals surface area (Å²) in [5.74, 6) is -0.315. The van der Waals surface area contributed by atoms with E-state index in [2.05, 4.69) is 10.6 Å². The maximum atomic E-state index is 13.8. The van der Waals surface area contributed by atoms with Gasteiger partial charge in [-0.15, -0.1) is 0 Å². The average molecular weight is 598 g/mol. The second-order valence-corrected chi connectivity index (χ2v) is 11.5. The third-order valence-corrected chi connectivity index (χ3v) is 8.10. The van der Waals surface area contributed by atoms with Gasteiger partial charge < -0.3 is 34.8 Å². The van der Waals surface area contributed by atoms with E-state index in [1.165, 1.54) is 0 Å². The Bertz CT molecular complexity index is 1650. The van der Waals surface area contributed by atoms with E-state index < -0.39 is 12.1 Å². The number of carbonyl (C=O) groups is 3. The summed E-state index contributed by atoms with van der Waals surface area (Å²) >= 11 is 0. The molecule has 2 heterocycles. The minimum atomic E-state index is -0.450. The molecule has 1 aliphatic rings. The molecule has 10 nitrogen and oxygen atoms in total. The molecule has 230 valence electrons. The van der Waals surface area contributed by atoms with Gasteiger partial charge >= 0.3 is 6.03 Å². The molecule has 4 amide bonds. The first-order chi connectivity index (χ1) is 21.1. The van der Waals surface area contributed by atoms with Crippen LogP contribution in [0.1, 0.15) is 29.8 Å². The number of rotatable bonds is 8. The van der Waals surface area contributed by atoms with E-state index in [0.29, 0.717) is 23.7 Å². The highest BCUT2D eigenvalue weighted by Gasteiger charge is 2.34. The molecule has 0 bridgehead atoms. The number of carbonyl (C=O) groups excluding carboxylic acids is 3. The molecule has 0 saturated heterocycles. The van der Waals surface area contributed by atoms with Crippen molar-refractivity contribution in [1.82, 2.24) is 14.4 Å². The number of likely N-dealkylation sites (N-methyl/N-ethyl adjacent to an activating group) is 1. The van der Waals surface area contributed by atoms with Crippen LogP contribution in [0.25, 0.3) is 10.9 Å². The second-order valence-electron chi connectivity index (χ2n) is 11.5. The number of hydrogen-bond acceptors (Lipinski definition) is 5. The summed E-state index contributed by atoms with van der Waals surface area (Å²) in [5.41, 5.74) is 3.38. The van der Waals surface area contributed by atoms with Crippen LogP contribution in [0.5, 0.6) is 5.75 Å². The quantitative estimate of drug-likeness (QED) is 0.271. The van der Waals surface area contributed by atoms with Gasteiger partial charge in [0.1, 0.15) is 11.9 Å². The predicted molar refractivity (Wildman–Crippen MR) is 171 cm³/mol. The molecule has 1 aliphatic heterocycles. The second kappa shape index (κ2) is 13.2. The van der Waals surface area contributed by atoms with Crippen LogP contribution in [0.4, 0.5) is 16.2 Å². The van der Waals surface area contributed by atoms with E-state index in [1.54, 1.807) is 42.0 Å². The predicted octanol–water partition coefficient (Wildman–Crippen LogP) is 4.74. The van der Waals surface area contributed by atoms with Crippen LogP contribution in [-0.2, 0) is 18.3 Å². The van der Waals surface area contributed by atoms with Crippen molar-refractivity contribution in [3.05, 3.63) is 90.1 Å². The number of para-hydroxylation sites is 2. The lowest BCUT2D eigenvalue weighted by atomic mass is 9.99. The Morgan fingerprint density at radius 3 is 2.52 bits per heavy atom. The largest absolute Gasteiger partial charge is 0.487 e. The molecule has 0 saturated carbocycles. The third-order valence-electron chi connectivity index (χ3n) is 8.10. The summed E-state index contributed by atoms with van der Waals surface area (Å²) in [7, 11) is 3.65. The van der Waals surface area contributed by atoms with Crippen LogP contribution in [-0.4, -0.2) is 76.2 Å². The summed E-state index contributed by atoms with van der Waals surface area (Å²) in [5, 5.41) is 16.8. The first kappa shape index (κ1) is 30.6. The molecular formula is C34H39N5O5. The number of nitrogens with zero attached hydrogens (tertiary/aromatic N) is 3. The lowest BCUT2D eigenvalue weighted by Crippen LogP contribution is -2.50. The van der Waals surface area contributed by atoms with Gasteiger partial charge in [-0.05, 0) is 48.9 Å². The zero-order chi connectivity index (χ0) is 31.4. The number of fused-ring (bicyclic) bond motifs is 2. The molecule has 0 fully saturated rings. The van der Waals surface area contributed by atoms with Crippen molar-refractivity contribution in [2.45, 2.75) is 32.4 Å². The fourth-order valence-electron chi connectivity index (χ4n) is 5.56. The molecule has 3 aromatic carbocycles. The van der Waals surface area contributed by atoms with Gasteiger partial charge in [-0.1, -0.05) is 43.3 Å². The lowest BCUT2D eigenvalue weighted by Gasteiger charge is -2.38. The summed E-state index contributed by atoms with van der Waals surface area (Å²) < 4.78 is 8.41. The van der Waals surface area contributed by atoms with E-state index in [1.807, 2.05) is 79.3 Å². The van der Waals surface area contributed by atoms with Crippen molar-refractivity contribution in [2.24, 2.45) is 13.0 Å². The molecule has 10 heteroatoms. The summed E-state index contributed by atoms with van der Waals surface area (Å²) in [6.45, 7) is 4.12. The molecule has 44 heavy (non-hydrogen) atoms. The SMILES string of the molecule is C[C@H](CO)N1C[C@H](C)[C@@H](CN(C)C(=O)Nc2ccccc2)Oc2ccc(NC(=O)Cc3cn(C)c4ccccc34)cc2C1=O. The zero-order valence-electron chi connectivity index (χ0n) is 25.5. The van der Waals surface area contributed by atoms with Crippen LogP contribution in [0.2, 0.25) is 0 Å². The van der Waals surface area contributed by atoms with E-state index in [4.69, 9.17) is 4.74 Å². The Hall–Kier alpha value is -4.83. The van der Waals surface area contributed by atoms with E-state index in [-0.39, 0.29) is 48.9 Å². The molecule has 0 spiro atoms. The van der Waals surface area contributed by atoms with Crippen LogP contribution < -0.4 is 15.4 Å². The summed E-state index contributed by atoms with van der Waals surface area (Å²) in [6, 6.07) is 21.4. The highest BCUT2D eigenvalue weighted by molar-refractivity contribution is 6.01. The Morgan fingerprint density at radius 2 is 1.77 bits per heavy atom. The minimum absolute atomic E-state index is 0.159. The van der Waals surface area contributed by atoms with E-state index in [0.717, 1.165) is 16.5 Å². The molecule has 0 aliphatic carbocycles. The number of urea groups is 1. The van der Waals surface area contributed by atoms with Gasteiger partial charge in [0.05, 0.1) is 31.2 Å². The van der Waals surface area contributed by atoms with Gasteiger partial charge in [-0.2, -0.15) is 0 Å². The first-order valence-corrected chi connectivity index (χ1v) is 14.8. The zero-order valence-corrected chi connectivity index (χ0v) is 25.5. The van der Waals surface area contributed by atoms with Crippen molar-refractivity contribution >= 4 is 40.1 Å². The summed E-state index contributed by atoms with van der Waals surface area (Å²) in [4.78, 5) is 43.0. The third kappa shape index (κ3) is 6.70. The maximum Gasteiger partial charge on any atom is 0.321 e. The fourth-order valence-corrected chi connectivity index (χ4v) is 5.56. The van der Waals surface area contributed by atoms with Crippen molar-refractivity contribution in [2.75, 3.05) is 37.4 Å². The number of hydrogen-bond donors (Lipinski definition) is 3. The monoisotopic (exact) mass is 597 g/mol. The molecule has 3 N–H and O–H groups in total. The van der Waals surface area contributed by atoms with Gasteiger partial charge in [0.25, 0.3) is 5.91 Å². The van der Waals surface area contributed by atoms with Crippen molar-refractivity contribution < 1.29 is 24.2 Å². The van der Waals surface area contributed by atoms with Crippen molar-refractivity contribution in [3.63, 3.8) is 0 Å². The molecule has 3 atom stereocenters. The number of ether oxygens (including phenoxy) is 1. The number of anilines is 2. The van der Waals surface area contributed by atoms with Gasteiger partial charge in [0, 0.05) is 55.0 Å². The molecule has 0 unspecified atom stereocenters. The smallest absolute Gasteiger partial charge is 0.321 e. The van der Waals surface area contributed by atoms with Crippen LogP contribution in [0.3, 0.4) is 0 Å². The average Bonchev–Trinajstić information content (AvgIpc) is 3.33. The van der Waals surface area contributed by atoms with Crippen LogP contribution in [0.15, 0.2) is 79.0 Å². The fraction of sp³-hybridized carbons (Fsp3) is 0.324. The molecule has 4 aromatic rings. The van der Waals surface area contributed by atoms with Gasteiger partial charge in [-0.3, -0.25) is 9.59 Å². The minimum Gasteiger partial charge on any atom is -0.487 e. The lowest BCUT2D eigenvalue weighted by molar-refractivity contribution is -0.115. The highest BCUT2D eigenvalue weighted by Crippen LogP contribution is 2.31. The standard InChI is InChI=1S/C34H39N5O5/c1-22-18-39(23(2)21-40)33(42)28-17-26(35-32(41)16-24-19-37(3)29-13-9-8-12-27(24)29)14-15-30(28)44-31(22)20-38(4)34(43)36-25-10-6-5-7-11-25/h5-15,17,19,22-23,31,40H,16,18,20-21H2,1-4H3,(H,35,41)(H,36,43)/t22-,23+,31+/m0/s1. The van der Waals surface area contributed by atoms with Gasteiger partial charge in [-0.25, -0.2) is 4.79 Å². The molecule has 1 aromatic heterocycles. The van der Waals surface area contributed by atoms with Gasteiger partial charge in [0.2, 0.25) is 5.91 Å². The number of nitrogens with one attached hydrogen (secondary N) is 2. The molecule has 0 radical (unpaired) electrons. The number of amides is 4. The Morgan fingerprint density at radius 1 is 1.05 bits per heavy atom. The summed E-state index contributed by atoms with van der Waals surface area (Å²) in [6.07, 6.45) is 1.68. The Balaban J connectivity index is 1.36. The number of benzene rings is 3. The normalized spacial score (nSPS) is 17.2. The Kier molecular flexibility index (Phi) is 9.20. The maximum absolute atomic E-state index is 13.8. The Labute approximate surface area is 257 Å². The van der Waals surface area contributed by atoms with Crippen LogP contribution >= 0.6 is 0 Å². The van der Waals surface area contributed by atoms with Gasteiger partial charge in [0.15, 0.2) is 0 Å². The van der Waals surface area contributed by atoms with Crippen molar-refractivity contribution in [1.29, 1.82) is 0 Å². The van der Waals surface area contributed by atoms with E-state index >= 15 is 0 Å².